The zero-order valence-electron chi connectivity index (χ0n) is 7.48. The van der Waals surface area contributed by atoms with Gasteiger partial charge in [0.15, 0.2) is 5.82 Å². The van der Waals surface area contributed by atoms with E-state index >= 15 is 0 Å². The number of hydrogen-bond acceptors (Lipinski definition) is 3. The lowest BCUT2D eigenvalue weighted by molar-refractivity contribution is 0.475. The van der Waals surface area contributed by atoms with Gasteiger partial charge in [-0.15, -0.1) is 0 Å². The molecule has 0 unspecified atom stereocenters. The molecule has 15 heavy (non-hydrogen) atoms. The van der Waals surface area contributed by atoms with Gasteiger partial charge in [-0.1, -0.05) is 0 Å². The van der Waals surface area contributed by atoms with Gasteiger partial charge in [-0.05, 0) is 56.1 Å². The van der Waals surface area contributed by atoms with Gasteiger partial charge in [-0.25, -0.2) is 9.97 Å². The van der Waals surface area contributed by atoms with Crippen LogP contribution in [0.1, 0.15) is 0 Å². The van der Waals surface area contributed by atoms with Crippen LogP contribution in [0.5, 0.6) is 5.75 Å². The summed E-state index contributed by atoms with van der Waals surface area (Å²) in [5.74, 6) is 0.837. The molecule has 2 rings (SSSR count). The maximum absolute atomic E-state index is 9.15. The third kappa shape index (κ3) is 2.54. The smallest absolute Gasteiger partial charge is 0.161 e. The van der Waals surface area contributed by atoms with Crippen molar-refractivity contribution in [1.82, 2.24) is 9.97 Å². The van der Waals surface area contributed by atoms with Gasteiger partial charge < -0.3 is 5.11 Å². The first-order valence-electron chi connectivity index (χ1n) is 4.14. The molecule has 0 spiro atoms. The highest BCUT2D eigenvalue weighted by atomic mass is 79.9. The van der Waals surface area contributed by atoms with E-state index in [9.17, 15) is 0 Å². The van der Waals surface area contributed by atoms with Gasteiger partial charge in [0.25, 0.3) is 0 Å². The minimum Gasteiger partial charge on any atom is -0.508 e. The van der Waals surface area contributed by atoms with Crippen molar-refractivity contribution in [3.05, 3.63) is 39.5 Å². The van der Waals surface area contributed by atoms with E-state index in [0.29, 0.717) is 15.0 Å². The molecule has 0 saturated heterocycles. The molecular weight excluding hydrogens is 324 g/mol. The Kier molecular flexibility index (Phi) is 3.02. The summed E-state index contributed by atoms with van der Waals surface area (Å²) in [6, 6.07) is 8.51. The molecular formula is C10H6Br2N2O. The second-order valence-corrected chi connectivity index (χ2v) is 4.51. The molecule has 2 aromatic rings. The molecule has 5 heteroatoms. The van der Waals surface area contributed by atoms with Crippen molar-refractivity contribution >= 4 is 31.9 Å². The minimum absolute atomic E-state index is 0.229. The Morgan fingerprint density at radius 3 is 2.00 bits per heavy atom. The molecule has 0 fully saturated rings. The highest BCUT2D eigenvalue weighted by molar-refractivity contribution is 9.11. The minimum atomic E-state index is 0.229. The first-order chi connectivity index (χ1) is 7.15. The molecule has 0 atom stereocenters. The summed E-state index contributed by atoms with van der Waals surface area (Å²) < 4.78 is 1.43. The number of rotatable bonds is 1. The molecule has 0 aliphatic heterocycles. The number of halogens is 2. The zero-order valence-corrected chi connectivity index (χ0v) is 10.7. The molecule has 1 N–H and O–H groups in total. The fourth-order valence-corrected chi connectivity index (χ4v) is 2.21. The van der Waals surface area contributed by atoms with E-state index in [1.165, 1.54) is 0 Å². The van der Waals surface area contributed by atoms with E-state index in [2.05, 4.69) is 41.8 Å². The number of nitrogens with zero attached hydrogens (tertiary/aromatic N) is 2. The molecule has 0 saturated carbocycles. The first kappa shape index (κ1) is 10.6. The topological polar surface area (TPSA) is 46.0 Å². The summed E-state index contributed by atoms with van der Waals surface area (Å²) in [7, 11) is 0. The largest absolute Gasteiger partial charge is 0.508 e. The average Bonchev–Trinajstić information content (AvgIpc) is 2.17. The van der Waals surface area contributed by atoms with Gasteiger partial charge in [0.05, 0.1) is 0 Å². The maximum atomic E-state index is 9.15. The third-order valence-corrected chi connectivity index (χ3v) is 2.60. The molecule has 0 aliphatic rings. The predicted molar refractivity (Wildman–Crippen MR) is 64.5 cm³/mol. The van der Waals surface area contributed by atoms with Crippen molar-refractivity contribution in [3.63, 3.8) is 0 Å². The van der Waals surface area contributed by atoms with Crippen molar-refractivity contribution in [3.8, 4) is 17.1 Å². The molecule has 1 aromatic heterocycles. The Labute approximate surface area is 103 Å². The molecule has 0 bridgehead atoms. The Bertz CT molecular complexity index is 465. The van der Waals surface area contributed by atoms with Crippen LogP contribution in [0.25, 0.3) is 11.4 Å². The second-order valence-electron chi connectivity index (χ2n) is 2.88. The molecule has 3 nitrogen and oxygen atoms in total. The molecule has 0 radical (unpaired) electrons. The highest BCUT2D eigenvalue weighted by Crippen LogP contribution is 2.22. The SMILES string of the molecule is Oc1ccc(-c2nc(Br)cc(Br)n2)cc1. The van der Waals surface area contributed by atoms with Crippen molar-refractivity contribution in [2.45, 2.75) is 0 Å². The lowest BCUT2D eigenvalue weighted by atomic mass is 10.2. The molecule has 76 valence electrons. The fraction of sp³-hybridized carbons (Fsp3) is 0. The van der Waals surface area contributed by atoms with Crippen LogP contribution in [0.4, 0.5) is 0 Å². The van der Waals surface area contributed by atoms with Crippen molar-refractivity contribution in [2.24, 2.45) is 0 Å². The van der Waals surface area contributed by atoms with Crippen LogP contribution < -0.4 is 0 Å². The fourth-order valence-electron chi connectivity index (χ4n) is 1.13. The van der Waals surface area contributed by atoms with E-state index in [4.69, 9.17) is 5.11 Å². The van der Waals surface area contributed by atoms with Crippen LogP contribution in [0.2, 0.25) is 0 Å². The van der Waals surface area contributed by atoms with Crippen LogP contribution in [0, 0.1) is 0 Å². The Morgan fingerprint density at radius 1 is 0.933 bits per heavy atom. The van der Waals surface area contributed by atoms with Crippen LogP contribution in [0.3, 0.4) is 0 Å². The summed E-state index contributed by atoms with van der Waals surface area (Å²) in [5.41, 5.74) is 0.856. The first-order valence-corrected chi connectivity index (χ1v) is 5.73. The van der Waals surface area contributed by atoms with Crippen LogP contribution in [0.15, 0.2) is 39.5 Å². The average molecular weight is 330 g/mol. The maximum Gasteiger partial charge on any atom is 0.161 e. The molecule has 0 aliphatic carbocycles. The highest BCUT2D eigenvalue weighted by Gasteiger charge is 2.03. The van der Waals surface area contributed by atoms with Crippen LogP contribution >= 0.6 is 31.9 Å². The number of hydrogen-bond donors (Lipinski definition) is 1. The number of benzene rings is 1. The van der Waals surface area contributed by atoms with Gasteiger partial charge in [-0.2, -0.15) is 0 Å². The summed E-state index contributed by atoms with van der Waals surface area (Å²) in [4.78, 5) is 8.46. The summed E-state index contributed by atoms with van der Waals surface area (Å²) in [6.07, 6.45) is 0. The normalized spacial score (nSPS) is 10.3. The molecule has 0 amide bonds. The Balaban J connectivity index is 2.49. The zero-order chi connectivity index (χ0) is 10.8. The molecule has 1 heterocycles. The number of phenols is 1. The summed E-state index contributed by atoms with van der Waals surface area (Å²) in [6.45, 7) is 0. The monoisotopic (exact) mass is 328 g/mol. The third-order valence-electron chi connectivity index (χ3n) is 1.79. The standard InChI is InChI=1S/C10H6Br2N2O/c11-8-5-9(12)14-10(13-8)6-1-3-7(15)4-2-6/h1-5,15H. The quantitative estimate of drug-likeness (QED) is 0.816. The summed E-state index contributed by atoms with van der Waals surface area (Å²) in [5, 5.41) is 9.15. The predicted octanol–water partition coefficient (Wildman–Crippen LogP) is 3.37. The van der Waals surface area contributed by atoms with Gasteiger partial charge in [0.1, 0.15) is 15.0 Å². The number of phenolic OH excluding ortho intramolecular Hbond substituents is 1. The van der Waals surface area contributed by atoms with E-state index in [1.54, 1.807) is 30.3 Å². The number of aromatic hydroxyl groups is 1. The van der Waals surface area contributed by atoms with E-state index in [0.717, 1.165) is 5.56 Å². The van der Waals surface area contributed by atoms with Crippen LogP contribution in [-0.4, -0.2) is 15.1 Å². The van der Waals surface area contributed by atoms with Gasteiger partial charge in [0.2, 0.25) is 0 Å². The summed E-state index contributed by atoms with van der Waals surface area (Å²) >= 11 is 6.59. The van der Waals surface area contributed by atoms with Crippen molar-refractivity contribution in [1.29, 1.82) is 0 Å². The van der Waals surface area contributed by atoms with Gasteiger partial charge in [-0.3, -0.25) is 0 Å². The van der Waals surface area contributed by atoms with Gasteiger partial charge >= 0.3 is 0 Å². The van der Waals surface area contributed by atoms with E-state index < -0.39 is 0 Å². The Hall–Kier alpha value is -0.940. The van der Waals surface area contributed by atoms with Crippen molar-refractivity contribution < 1.29 is 5.11 Å². The van der Waals surface area contributed by atoms with E-state index in [1.807, 2.05) is 0 Å². The second kappa shape index (κ2) is 4.28. The lowest BCUT2D eigenvalue weighted by Gasteiger charge is -2.01. The van der Waals surface area contributed by atoms with Crippen LogP contribution in [-0.2, 0) is 0 Å². The van der Waals surface area contributed by atoms with Gasteiger partial charge in [0, 0.05) is 11.6 Å². The Morgan fingerprint density at radius 2 is 1.47 bits per heavy atom. The lowest BCUT2D eigenvalue weighted by Crippen LogP contribution is -1.89. The number of aromatic nitrogens is 2. The van der Waals surface area contributed by atoms with Crippen molar-refractivity contribution in [2.75, 3.05) is 0 Å². The molecule has 1 aromatic carbocycles. The van der Waals surface area contributed by atoms with E-state index in [-0.39, 0.29) is 5.75 Å².